The van der Waals surface area contributed by atoms with Crippen molar-refractivity contribution in [2.75, 3.05) is 6.54 Å². The van der Waals surface area contributed by atoms with Crippen LogP contribution in [0.2, 0.25) is 0 Å². The number of hydrogen-bond acceptors (Lipinski definition) is 4. The van der Waals surface area contributed by atoms with Crippen molar-refractivity contribution in [3.8, 4) is 0 Å². The van der Waals surface area contributed by atoms with E-state index in [0.29, 0.717) is 36.3 Å². The Labute approximate surface area is 171 Å². The van der Waals surface area contributed by atoms with Crippen LogP contribution in [-0.4, -0.2) is 33.3 Å². The van der Waals surface area contributed by atoms with Gasteiger partial charge in [-0.3, -0.25) is 19.4 Å². The van der Waals surface area contributed by atoms with E-state index in [9.17, 15) is 9.59 Å². The Bertz CT molecular complexity index is 862. The second-order valence-corrected chi connectivity index (χ2v) is 7.10. The predicted molar refractivity (Wildman–Crippen MR) is 112 cm³/mol. The highest BCUT2D eigenvalue weighted by molar-refractivity contribution is 5.85. The number of aromatic amines is 1. The van der Waals surface area contributed by atoms with Crippen LogP contribution in [0, 0.1) is 19.8 Å². The van der Waals surface area contributed by atoms with Crippen molar-refractivity contribution in [2.45, 2.75) is 52.0 Å². The molecule has 27 heavy (non-hydrogen) atoms. The van der Waals surface area contributed by atoms with E-state index in [2.05, 4.69) is 15.4 Å². The summed E-state index contributed by atoms with van der Waals surface area (Å²) in [6.45, 7) is 4.49. The number of aryl methyl sites for hydroxylation is 3. The molecule has 0 radical (unpaired) electrons. The molecule has 0 saturated heterocycles. The van der Waals surface area contributed by atoms with Gasteiger partial charge in [-0.15, -0.1) is 24.8 Å². The Morgan fingerprint density at radius 3 is 2.70 bits per heavy atom. The lowest BCUT2D eigenvalue weighted by Crippen LogP contribution is -2.39. The fourth-order valence-corrected chi connectivity index (χ4v) is 4.04. The number of carbonyl (C=O) groups excluding carboxylic acids is 1. The van der Waals surface area contributed by atoms with Gasteiger partial charge in [-0.05, 0) is 56.7 Å². The summed E-state index contributed by atoms with van der Waals surface area (Å²) in [7, 11) is 1.78. The molecular weight excluding hydrogens is 389 g/mol. The monoisotopic (exact) mass is 417 g/mol. The molecule has 2 aromatic rings. The van der Waals surface area contributed by atoms with Crippen LogP contribution in [0.5, 0.6) is 0 Å². The minimum atomic E-state index is -0.134. The molecule has 2 atom stereocenters. The van der Waals surface area contributed by atoms with E-state index in [0.717, 1.165) is 36.1 Å². The fourth-order valence-electron chi connectivity index (χ4n) is 4.04. The van der Waals surface area contributed by atoms with Crippen molar-refractivity contribution in [3.63, 3.8) is 0 Å². The van der Waals surface area contributed by atoms with Gasteiger partial charge in [0.15, 0.2) is 5.65 Å². The third-order valence-corrected chi connectivity index (χ3v) is 5.49. The van der Waals surface area contributed by atoms with Crippen LogP contribution in [0.1, 0.15) is 42.5 Å². The minimum absolute atomic E-state index is 0. The van der Waals surface area contributed by atoms with Crippen LogP contribution in [0.4, 0.5) is 0 Å². The summed E-state index contributed by atoms with van der Waals surface area (Å²) in [4.78, 5) is 29.0. The fraction of sp³-hybridized carbons (Fsp3) is 0.611. The molecule has 0 bridgehead atoms. The zero-order valence-corrected chi connectivity index (χ0v) is 17.6. The van der Waals surface area contributed by atoms with Gasteiger partial charge in [0.05, 0.1) is 5.39 Å². The van der Waals surface area contributed by atoms with Crippen LogP contribution in [0.25, 0.3) is 11.0 Å². The molecule has 0 spiro atoms. The molecule has 1 amide bonds. The van der Waals surface area contributed by atoms with Gasteiger partial charge in [0.2, 0.25) is 5.91 Å². The van der Waals surface area contributed by atoms with Crippen LogP contribution in [0.3, 0.4) is 0 Å². The number of nitrogens with two attached hydrogens (primary N) is 1. The number of carbonyl (C=O) groups is 1. The summed E-state index contributed by atoms with van der Waals surface area (Å²) in [6, 6.07) is 0.206. The van der Waals surface area contributed by atoms with E-state index in [1.807, 2.05) is 13.8 Å². The molecule has 3 rings (SSSR count). The maximum atomic E-state index is 12.3. The molecule has 2 heterocycles. The van der Waals surface area contributed by atoms with E-state index in [4.69, 9.17) is 5.73 Å². The van der Waals surface area contributed by atoms with Crippen molar-refractivity contribution in [1.29, 1.82) is 0 Å². The third kappa shape index (κ3) is 4.65. The highest BCUT2D eigenvalue weighted by Crippen LogP contribution is 2.25. The molecule has 0 aliphatic heterocycles. The molecule has 1 aliphatic rings. The Balaban J connectivity index is 0.00000182. The number of H-pyrrole nitrogens is 1. The number of fused-ring (bicyclic) bond motifs is 1. The SMILES string of the molecule is Cc1nc2c(c(C)c1CCC(=O)NC1CCCC1CN)c(=O)[nH]n2C.Cl.Cl. The van der Waals surface area contributed by atoms with Crippen molar-refractivity contribution in [1.82, 2.24) is 20.1 Å². The van der Waals surface area contributed by atoms with Gasteiger partial charge in [0.1, 0.15) is 0 Å². The molecule has 2 aromatic heterocycles. The van der Waals surface area contributed by atoms with E-state index in [-0.39, 0.29) is 42.3 Å². The highest BCUT2D eigenvalue weighted by atomic mass is 35.5. The number of rotatable bonds is 5. The molecule has 152 valence electrons. The lowest BCUT2D eigenvalue weighted by molar-refractivity contribution is -0.122. The summed E-state index contributed by atoms with van der Waals surface area (Å²) < 4.78 is 1.64. The van der Waals surface area contributed by atoms with Gasteiger partial charge in [-0.2, -0.15) is 0 Å². The zero-order chi connectivity index (χ0) is 18.1. The third-order valence-electron chi connectivity index (χ3n) is 5.49. The molecule has 2 unspecified atom stereocenters. The average molecular weight is 418 g/mol. The normalized spacial score (nSPS) is 18.8. The number of nitrogens with one attached hydrogen (secondary N) is 2. The summed E-state index contributed by atoms with van der Waals surface area (Å²) in [5.74, 6) is 0.444. The van der Waals surface area contributed by atoms with Gasteiger partial charge in [0, 0.05) is 25.2 Å². The topological polar surface area (TPSA) is 106 Å². The van der Waals surface area contributed by atoms with Crippen molar-refractivity contribution >= 4 is 41.8 Å². The summed E-state index contributed by atoms with van der Waals surface area (Å²) in [6.07, 6.45) is 4.21. The maximum Gasteiger partial charge on any atom is 0.273 e. The number of pyridine rings is 1. The first-order valence-corrected chi connectivity index (χ1v) is 8.96. The zero-order valence-electron chi connectivity index (χ0n) is 16.0. The molecule has 7 nitrogen and oxygen atoms in total. The Hall–Kier alpha value is -1.57. The maximum absolute atomic E-state index is 12.3. The average Bonchev–Trinajstić information content (AvgIpc) is 3.11. The number of amides is 1. The smallest absolute Gasteiger partial charge is 0.273 e. The molecule has 0 aromatic carbocycles. The quantitative estimate of drug-likeness (QED) is 0.690. The first-order valence-electron chi connectivity index (χ1n) is 8.96. The number of hydrogen-bond donors (Lipinski definition) is 3. The molecule has 1 fully saturated rings. The largest absolute Gasteiger partial charge is 0.353 e. The molecule has 1 saturated carbocycles. The summed E-state index contributed by atoms with van der Waals surface area (Å²) in [5.41, 5.74) is 9.07. The summed E-state index contributed by atoms with van der Waals surface area (Å²) >= 11 is 0. The van der Waals surface area contributed by atoms with E-state index < -0.39 is 0 Å². The number of halogens is 2. The minimum Gasteiger partial charge on any atom is -0.353 e. The summed E-state index contributed by atoms with van der Waals surface area (Å²) in [5, 5.41) is 6.49. The van der Waals surface area contributed by atoms with Crippen molar-refractivity contribution in [2.24, 2.45) is 18.7 Å². The van der Waals surface area contributed by atoms with Gasteiger partial charge in [-0.25, -0.2) is 4.98 Å². The second-order valence-electron chi connectivity index (χ2n) is 7.10. The van der Waals surface area contributed by atoms with Crippen molar-refractivity contribution < 1.29 is 4.79 Å². The Kier molecular flexibility index (Phi) is 8.32. The van der Waals surface area contributed by atoms with E-state index >= 15 is 0 Å². The van der Waals surface area contributed by atoms with Gasteiger partial charge < -0.3 is 11.1 Å². The number of aromatic nitrogens is 3. The van der Waals surface area contributed by atoms with Crippen LogP contribution < -0.4 is 16.6 Å². The number of nitrogens with zero attached hydrogens (tertiary/aromatic N) is 2. The first kappa shape index (κ1) is 23.5. The van der Waals surface area contributed by atoms with E-state index in [1.165, 1.54) is 0 Å². The first-order chi connectivity index (χ1) is 11.9. The van der Waals surface area contributed by atoms with Crippen LogP contribution >= 0.6 is 24.8 Å². The second kappa shape index (κ2) is 9.57. The molecular formula is C18H29Cl2N5O2. The molecule has 9 heteroatoms. The Morgan fingerprint density at radius 1 is 1.33 bits per heavy atom. The van der Waals surface area contributed by atoms with Crippen LogP contribution in [-0.2, 0) is 18.3 Å². The molecule has 1 aliphatic carbocycles. The standard InChI is InChI=1S/C18H27N5O2.2ClH/c1-10-13(11(2)20-17-16(10)18(25)22-23(17)3)7-8-15(24)21-14-6-4-5-12(14)9-19;;/h12,14H,4-9,19H2,1-3H3,(H,21,24)(H,22,25);2*1H. The van der Waals surface area contributed by atoms with Crippen molar-refractivity contribution in [3.05, 3.63) is 27.2 Å². The lowest BCUT2D eigenvalue weighted by atomic mass is 9.99. The van der Waals surface area contributed by atoms with Gasteiger partial charge in [-0.1, -0.05) is 6.42 Å². The van der Waals surface area contributed by atoms with Crippen LogP contribution in [0.15, 0.2) is 4.79 Å². The van der Waals surface area contributed by atoms with Gasteiger partial charge in [0.25, 0.3) is 5.56 Å². The Morgan fingerprint density at radius 2 is 2.04 bits per heavy atom. The lowest BCUT2D eigenvalue weighted by Gasteiger charge is -2.19. The highest BCUT2D eigenvalue weighted by Gasteiger charge is 2.27. The predicted octanol–water partition coefficient (Wildman–Crippen LogP) is 1.90. The van der Waals surface area contributed by atoms with E-state index in [1.54, 1.807) is 11.7 Å². The van der Waals surface area contributed by atoms with Gasteiger partial charge >= 0.3 is 0 Å². The molecule has 4 N–H and O–H groups in total.